The minimum atomic E-state index is -2.22. The standard InChI is InChI=1S/C22H17NO4/c24-20-17-13-7-8-14-18(17)21(25)22(20,23(26)27)19(15-9-3-1-4-10-15)16-11-5-2-6-12-16/h1-14,19,23,26H. The summed E-state index contributed by atoms with van der Waals surface area (Å²) in [6, 6.07) is 24.1. The van der Waals surface area contributed by atoms with Gasteiger partial charge in [-0.05, 0) is 11.1 Å². The van der Waals surface area contributed by atoms with Crippen molar-refractivity contribution >= 4 is 11.6 Å². The molecule has 1 aliphatic rings. The SMILES string of the molecule is O=C1c2ccccc2C(=O)C1(C(c1ccccc1)c1ccccc1)[NH+]([O-])O. The first-order valence-corrected chi connectivity index (χ1v) is 8.60. The zero-order valence-electron chi connectivity index (χ0n) is 14.3. The van der Waals surface area contributed by atoms with Crippen LogP contribution in [0.15, 0.2) is 84.9 Å². The smallest absolute Gasteiger partial charge is 0.264 e. The number of quaternary nitrogens is 1. The lowest BCUT2D eigenvalue weighted by Gasteiger charge is -2.38. The van der Waals surface area contributed by atoms with Gasteiger partial charge in [-0.3, -0.25) is 9.59 Å². The van der Waals surface area contributed by atoms with Crippen molar-refractivity contribution in [2.24, 2.45) is 0 Å². The van der Waals surface area contributed by atoms with Gasteiger partial charge in [0, 0.05) is 11.1 Å². The summed E-state index contributed by atoms with van der Waals surface area (Å²) in [5.41, 5.74) is -0.656. The van der Waals surface area contributed by atoms with Crippen molar-refractivity contribution in [1.29, 1.82) is 0 Å². The van der Waals surface area contributed by atoms with Crippen LogP contribution < -0.4 is 5.23 Å². The van der Waals surface area contributed by atoms with Gasteiger partial charge >= 0.3 is 0 Å². The fourth-order valence-electron chi connectivity index (χ4n) is 3.97. The third-order valence-corrected chi connectivity index (χ3v) is 5.17. The first-order valence-electron chi connectivity index (χ1n) is 8.60. The summed E-state index contributed by atoms with van der Waals surface area (Å²) in [6.45, 7) is 0. The Balaban J connectivity index is 2.02. The Bertz CT molecular complexity index is 925. The predicted octanol–water partition coefficient (Wildman–Crippen LogP) is 2.41. The Morgan fingerprint density at radius 1 is 0.704 bits per heavy atom. The summed E-state index contributed by atoms with van der Waals surface area (Å²) in [7, 11) is 0. The maximum absolute atomic E-state index is 13.4. The Morgan fingerprint density at radius 3 is 1.44 bits per heavy atom. The summed E-state index contributed by atoms with van der Waals surface area (Å²) in [5.74, 6) is -2.24. The molecular weight excluding hydrogens is 342 g/mol. The Morgan fingerprint density at radius 2 is 1.07 bits per heavy atom. The van der Waals surface area contributed by atoms with Crippen molar-refractivity contribution in [3.8, 4) is 0 Å². The van der Waals surface area contributed by atoms with E-state index in [-0.39, 0.29) is 11.1 Å². The third-order valence-electron chi connectivity index (χ3n) is 5.17. The number of carbonyl (C=O) groups excluding carboxylic acids is 2. The summed E-state index contributed by atoms with van der Waals surface area (Å²) < 4.78 is 0. The van der Waals surface area contributed by atoms with Crippen LogP contribution in [0.4, 0.5) is 0 Å². The van der Waals surface area contributed by atoms with Crippen molar-refractivity contribution in [2.75, 3.05) is 0 Å². The van der Waals surface area contributed by atoms with Gasteiger partial charge in [0.05, 0.1) is 5.92 Å². The average molecular weight is 359 g/mol. The topological polar surface area (TPSA) is 81.9 Å². The molecule has 1 atom stereocenters. The van der Waals surface area contributed by atoms with E-state index in [1.165, 1.54) is 12.1 Å². The van der Waals surface area contributed by atoms with Crippen LogP contribution in [0.2, 0.25) is 0 Å². The maximum atomic E-state index is 13.4. The number of hydroxylamine groups is 2. The predicted molar refractivity (Wildman–Crippen MR) is 98.7 cm³/mol. The van der Waals surface area contributed by atoms with Crippen LogP contribution in [0.1, 0.15) is 37.8 Å². The zero-order chi connectivity index (χ0) is 19.0. The molecule has 27 heavy (non-hydrogen) atoms. The molecule has 5 nitrogen and oxygen atoms in total. The molecule has 3 aromatic rings. The lowest BCUT2D eigenvalue weighted by molar-refractivity contribution is -1.07. The van der Waals surface area contributed by atoms with Gasteiger partial charge in [-0.15, -0.1) is 0 Å². The van der Waals surface area contributed by atoms with Gasteiger partial charge in [0.25, 0.3) is 5.54 Å². The second-order valence-corrected chi connectivity index (χ2v) is 6.57. The van der Waals surface area contributed by atoms with Crippen LogP contribution in [0, 0.1) is 5.21 Å². The zero-order valence-corrected chi connectivity index (χ0v) is 14.3. The monoisotopic (exact) mass is 359 g/mol. The fraction of sp³-hybridized carbons (Fsp3) is 0.0909. The number of hydrogen-bond acceptors (Lipinski definition) is 4. The molecule has 5 heteroatoms. The van der Waals surface area contributed by atoms with Gasteiger partial charge < -0.3 is 5.21 Å². The molecule has 2 N–H and O–H groups in total. The second kappa shape index (κ2) is 6.55. The Hall–Kier alpha value is -3.12. The fourth-order valence-corrected chi connectivity index (χ4v) is 3.97. The molecule has 3 aromatic carbocycles. The highest BCUT2D eigenvalue weighted by molar-refractivity contribution is 6.32. The lowest BCUT2D eigenvalue weighted by atomic mass is 9.72. The maximum Gasteiger partial charge on any atom is 0.264 e. The van der Waals surface area contributed by atoms with Crippen molar-refractivity contribution < 1.29 is 20.0 Å². The summed E-state index contributed by atoms with van der Waals surface area (Å²) in [4.78, 5) is 26.7. The number of nitrogens with one attached hydrogen (secondary N) is 1. The molecular formula is C22H17NO4. The van der Waals surface area contributed by atoms with E-state index >= 15 is 0 Å². The Labute approximate surface area is 156 Å². The van der Waals surface area contributed by atoms with E-state index < -0.39 is 28.2 Å². The molecule has 1 unspecified atom stereocenters. The summed E-state index contributed by atoms with van der Waals surface area (Å²) >= 11 is 0. The van der Waals surface area contributed by atoms with E-state index in [1.807, 2.05) is 12.1 Å². The molecule has 0 aromatic heterocycles. The van der Waals surface area contributed by atoms with E-state index in [0.717, 1.165) is 0 Å². The van der Waals surface area contributed by atoms with E-state index in [9.17, 15) is 20.0 Å². The number of benzene rings is 3. The van der Waals surface area contributed by atoms with Crippen LogP contribution >= 0.6 is 0 Å². The number of fused-ring (bicyclic) bond motifs is 1. The van der Waals surface area contributed by atoms with Crippen molar-refractivity contribution in [3.63, 3.8) is 0 Å². The lowest BCUT2D eigenvalue weighted by Crippen LogP contribution is -3.17. The molecule has 0 saturated heterocycles. The number of ketones is 2. The molecule has 0 radical (unpaired) electrons. The van der Waals surface area contributed by atoms with Crippen LogP contribution in [-0.4, -0.2) is 22.3 Å². The molecule has 0 amide bonds. The van der Waals surface area contributed by atoms with Gasteiger partial charge in [0.1, 0.15) is 0 Å². The first-order chi connectivity index (χ1) is 13.1. The van der Waals surface area contributed by atoms with Crippen LogP contribution in [0.5, 0.6) is 0 Å². The molecule has 0 fully saturated rings. The van der Waals surface area contributed by atoms with Crippen LogP contribution in [0.3, 0.4) is 0 Å². The first kappa shape index (κ1) is 17.3. The summed E-state index contributed by atoms with van der Waals surface area (Å²) in [5, 5.41) is 21.4. The number of hydrogen-bond donors (Lipinski definition) is 2. The molecule has 4 rings (SSSR count). The van der Waals surface area contributed by atoms with Gasteiger partial charge in [-0.25, -0.2) is 10.4 Å². The minimum Gasteiger partial charge on any atom is -0.599 e. The van der Waals surface area contributed by atoms with Gasteiger partial charge in [0.2, 0.25) is 11.6 Å². The van der Waals surface area contributed by atoms with Gasteiger partial charge in [-0.2, -0.15) is 0 Å². The van der Waals surface area contributed by atoms with Crippen molar-refractivity contribution in [1.82, 2.24) is 0 Å². The minimum absolute atomic E-state index is 0.168. The highest BCUT2D eigenvalue weighted by atomic mass is 16.8. The number of rotatable bonds is 4. The number of Topliss-reactive ketones (excluding diaryl/α,β-unsaturated/α-hetero) is 2. The van der Waals surface area contributed by atoms with Gasteiger partial charge in [-0.1, -0.05) is 84.9 Å². The molecule has 0 heterocycles. The van der Waals surface area contributed by atoms with Crippen molar-refractivity contribution in [2.45, 2.75) is 11.5 Å². The van der Waals surface area contributed by atoms with E-state index in [2.05, 4.69) is 0 Å². The van der Waals surface area contributed by atoms with E-state index in [4.69, 9.17) is 0 Å². The van der Waals surface area contributed by atoms with E-state index in [0.29, 0.717) is 11.1 Å². The second-order valence-electron chi connectivity index (χ2n) is 6.57. The van der Waals surface area contributed by atoms with Crippen LogP contribution in [-0.2, 0) is 0 Å². The highest BCUT2D eigenvalue weighted by Crippen LogP contribution is 2.42. The third kappa shape index (κ3) is 2.44. The summed E-state index contributed by atoms with van der Waals surface area (Å²) in [6.07, 6.45) is 0. The van der Waals surface area contributed by atoms with Crippen molar-refractivity contribution in [3.05, 3.63) is 112 Å². The number of carbonyl (C=O) groups is 2. The Kier molecular flexibility index (Phi) is 4.20. The molecule has 0 saturated carbocycles. The van der Waals surface area contributed by atoms with Crippen LogP contribution in [0.25, 0.3) is 0 Å². The average Bonchev–Trinajstić information content (AvgIpc) is 2.93. The molecule has 0 bridgehead atoms. The molecule has 1 aliphatic carbocycles. The molecule has 0 aliphatic heterocycles. The highest BCUT2D eigenvalue weighted by Gasteiger charge is 2.64. The molecule has 134 valence electrons. The van der Waals surface area contributed by atoms with E-state index in [1.54, 1.807) is 60.7 Å². The quantitative estimate of drug-likeness (QED) is 0.554. The van der Waals surface area contributed by atoms with Gasteiger partial charge in [0.15, 0.2) is 0 Å². The normalized spacial score (nSPS) is 16.4. The largest absolute Gasteiger partial charge is 0.599 e. The molecule has 0 spiro atoms.